The maximum Gasteiger partial charge on any atom is 0.323 e. The number of nitrogens with zero attached hydrogens (tertiary/aromatic N) is 2. The normalized spacial score (nSPS) is 15.9. The lowest BCUT2D eigenvalue weighted by atomic mass is 9.93. The Labute approximate surface area is 118 Å². The molecule has 0 aliphatic carbocycles. The van der Waals surface area contributed by atoms with Gasteiger partial charge in [-0.2, -0.15) is 0 Å². The van der Waals surface area contributed by atoms with E-state index in [1.165, 1.54) is 0 Å². The van der Waals surface area contributed by atoms with Crippen molar-refractivity contribution in [2.24, 2.45) is 0 Å². The zero-order chi connectivity index (χ0) is 14.8. The monoisotopic (exact) mass is 275 g/mol. The van der Waals surface area contributed by atoms with E-state index >= 15 is 0 Å². The van der Waals surface area contributed by atoms with Gasteiger partial charge in [-0.15, -0.1) is 0 Å². The highest BCUT2D eigenvalue weighted by Crippen LogP contribution is 2.25. The number of benzene rings is 1. The van der Waals surface area contributed by atoms with E-state index in [1.807, 2.05) is 42.7 Å². The Morgan fingerprint density at radius 2 is 2.20 bits per heavy atom. The summed E-state index contributed by atoms with van der Waals surface area (Å²) >= 11 is 0. The smallest absolute Gasteiger partial charge is 0.323 e. The molecule has 1 aromatic carbocycles. The van der Waals surface area contributed by atoms with Crippen LogP contribution in [0.3, 0.4) is 0 Å². The van der Waals surface area contributed by atoms with E-state index in [1.54, 1.807) is 13.3 Å². The molecule has 0 saturated heterocycles. The molecule has 1 heterocycles. The number of para-hydroxylation sites is 2. The lowest BCUT2D eigenvalue weighted by molar-refractivity contribution is -0.144. The SMILES string of the molecule is CCNC(C)(CC(C)n1cnc2ccccc21)C(=O)O. The number of carboxylic acid groups (broad SMARTS) is 1. The molecule has 0 saturated carbocycles. The summed E-state index contributed by atoms with van der Waals surface area (Å²) in [5.41, 5.74) is 1.03. The summed E-state index contributed by atoms with van der Waals surface area (Å²) in [6.07, 6.45) is 2.28. The predicted molar refractivity (Wildman–Crippen MR) is 78.8 cm³/mol. The zero-order valence-electron chi connectivity index (χ0n) is 12.1. The second kappa shape index (κ2) is 5.63. The summed E-state index contributed by atoms with van der Waals surface area (Å²) in [4.78, 5) is 15.8. The van der Waals surface area contributed by atoms with Crippen molar-refractivity contribution in [2.45, 2.75) is 38.8 Å². The van der Waals surface area contributed by atoms with Crippen LogP contribution in [0.2, 0.25) is 0 Å². The van der Waals surface area contributed by atoms with Crippen LogP contribution in [0.4, 0.5) is 0 Å². The summed E-state index contributed by atoms with van der Waals surface area (Å²) in [6, 6.07) is 7.92. The molecule has 0 radical (unpaired) electrons. The molecule has 0 fully saturated rings. The van der Waals surface area contributed by atoms with E-state index in [0.29, 0.717) is 13.0 Å². The molecule has 108 valence electrons. The van der Waals surface area contributed by atoms with Crippen molar-refractivity contribution in [1.82, 2.24) is 14.9 Å². The summed E-state index contributed by atoms with van der Waals surface area (Å²) in [6.45, 7) is 6.29. The number of aliphatic carboxylic acids is 1. The van der Waals surface area contributed by atoms with Crippen LogP contribution < -0.4 is 5.32 Å². The molecule has 2 atom stereocenters. The molecule has 2 aromatic rings. The van der Waals surface area contributed by atoms with Crippen molar-refractivity contribution < 1.29 is 9.90 Å². The van der Waals surface area contributed by atoms with E-state index in [9.17, 15) is 9.90 Å². The van der Waals surface area contributed by atoms with Crippen molar-refractivity contribution in [3.63, 3.8) is 0 Å². The molecule has 2 N–H and O–H groups in total. The van der Waals surface area contributed by atoms with Gasteiger partial charge in [-0.1, -0.05) is 19.1 Å². The molecule has 0 aliphatic rings. The quantitative estimate of drug-likeness (QED) is 0.849. The summed E-state index contributed by atoms with van der Waals surface area (Å²) < 4.78 is 2.04. The maximum absolute atomic E-state index is 11.5. The van der Waals surface area contributed by atoms with Gasteiger partial charge in [0.15, 0.2) is 0 Å². The maximum atomic E-state index is 11.5. The molecule has 20 heavy (non-hydrogen) atoms. The first kappa shape index (κ1) is 14.5. The van der Waals surface area contributed by atoms with Gasteiger partial charge in [0.25, 0.3) is 0 Å². The molecule has 0 aliphatic heterocycles. The lowest BCUT2D eigenvalue weighted by Gasteiger charge is -2.29. The third kappa shape index (κ3) is 2.67. The standard InChI is InChI=1S/C15H21N3O2/c1-4-17-15(3,14(19)20)9-11(2)18-10-16-12-7-5-6-8-13(12)18/h5-8,10-11,17H,4,9H2,1-3H3,(H,19,20). The number of likely N-dealkylation sites (N-methyl/N-ethyl adjacent to an activating group) is 1. The zero-order valence-corrected chi connectivity index (χ0v) is 12.1. The topological polar surface area (TPSA) is 67.2 Å². The van der Waals surface area contributed by atoms with Crippen LogP contribution >= 0.6 is 0 Å². The minimum atomic E-state index is -0.931. The van der Waals surface area contributed by atoms with Crippen molar-refractivity contribution in [1.29, 1.82) is 0 Å². The van der Waals surface area contributed by atoms with Gasteiger partial charge >= 0.3 is 5.97 Å². The van der Waals surface area contributed by atoms with Gasteiger partial charge in [0.1, 0.15) is 5.54 Å². The summed E-state index contributed by atoms with van der Waals surface area (Å²) in [5.74, 6) is -0.823. The van der Waals surface area contributed by atoms with Gasteiger partial charge in [-0.25, -0.2) is 4.98 Å². The van der Waals surface area contributed by atoms with Crippen molar-refractivity contribution in [3.05, 3.63) is 30.6 Å². The number of fused-ring (bicyclic) bond motifs is 1. The first-order chi connectivity index (χ1) is 9.48. The predicted octanol–water partition coefficient (Wildman–Crippen LogP) is 2.44. The van der Waals surface area contributed by atoms with E-state index in [-0.39, 0.29) is 6.04 Å². The molecule has 2 unspecified atom stereocenters. The minimum absolute atomic E-state index is 0.0440. The molecule has 5 heteroatoms. The third-order valence-electron chi connectivity index (χ3n) is 3.70. The number of rotatable bonds is 6. The fraction of sp³-hybridized carbons (Fsp3) is 0.467. The third-order valence-corrected chi connectivity index (χ3v) is 3.70. The average molecular weight is 275 g/mol. The van der Waals surface area contributed by atoms with Crippen LogP contribution in [-0.2, 0) is 4.79 Å². The average Bonchev–Trinajstić information content (AvgIpc) is 2.82. The van der Waals surface area contributed by atoms with Gasteiger partial charge in [-0.3, -0.25) is 4.79 Å². The highest BCUT2D eigenvalue weighted by atomic mass is 16.4. The Kier molecular flexibility index (Phi) is 4.09. The Bertz CT molecular complexity index is 608. The summed E-state index contributed by atoms with van der Waals surface area (Å²) in [5, 5.41) is 12.5. The number of carbonyl (C=O) groups is 1. The van der Waals surface area contributed by atoms with Crippen molar-refractivity contribution in [3.8, 4) is 0 Å². The summed E-state index contributed by atoms with van der Waals surface area (Å²) in [7, 11) is 0. The fourth-order valence-electron chi connectivity index (χ4n) is 2.64. The minimum Gasteiger partial charge on any atom is -0.480 e. The van der Waals surface area contributed by atoms with Crippen molar-refractivity contribution in [2.75, 3.05) is 6.54 Å². The molecular formula is C15H21N3O2. The largest absolute Gasteiger partial charge is 0.480 e. The van der Waals surface area contributed by atoms with Crippen LogP contribution in [0.1, 0.15) is 33.2 Å². The molecule has 1 aromatic heterocycles. The molecular weight excluding hydrogens is 254 g/mol. The van der Waals surface area contributed by atoms with E-state index in [0.717, 1.165) is 11.0 Å². The molecule has 5 nitrogen and oxygen atoms in total. The number of hydrogen-bond acceptors (Lipinski definition) is 3. The molecule has 0 bridgehead atoms. The first-order valence-electron chi connectivity index (χ1n) is 6.88. The van der Waals surface area contributed by atoms with Gasteiger partial charge < -0.3 is 15.0 Å². The second-order valence-corrected chi connectivity index (χ2v) is 5.36. The van der Waals surface area contributed by atoms with Crippen LogP contribution in [0.15, 0.2) is 30.6 Å². The number of imidazole rings is 1. The Hall–Kier alpha value is -1.88. The number of nitrogens with one attached hydrogen (secondary N) is 1. The highest BCUT2D eigenvalue weighted by Gasteiger charge is 2.34. The van der Waals surface area contributed by atoms with Gasteiger partial charge in [-0.05, 0) is 38.9 Å². The molecule has 2 rings (SSSR count). The van der Waals surface area contributed by atoms with Crippen LogP contribution in [-0.4, -0.2) is 32.7 Å². The number of aromatic nitrogens is 2. The van der Waals surface area contributed by atoms with Crippen LogP contribution in [0.5, 0.6) is 0 Å². The van der Waals surface area contributed by atoms with Crippen LogP contribution in [0, 0.1) is 0 Å². The first-order valence-corrected chi connectivity index (χ1v) is 6.88. The lowest BCUT2D eigenvalue weighted by Crippen LogP contribution is -2.50. The number of hydrogen-bond donors (Lipinski definition) is 2. The van der Waals surface area contributed by atoms with Crippen LogP contribution in [0.25, 0.3) is 11.0 Å². The Morgan fingerprint density at radius 1 is 1.50 bits per heavy atom. The Morgan fingerprint density at radius 3 is 2.85 bits per heavy atom. The van der Waals surface area contributed by atoms with Crippen molar-refractivity contribution >= 4 is 17.0 Å². The highest BCUT2D eigenvalue weighted by molar-refractivity contribution is 5.78. The molecule has 0 spiro atoms. The van der Waals surface area contributed by atoms with E-state index in [2.05, 4.69) is 10.3 Å². The second-order valence-electron chi connectivity index (χ2n) is 5.36. The fourth-order valence-corrected chi connectivity index (χ4v) is 2.64. The van der Waals surface area contributed by atoms with Gasteiger partial charge in [0.05, 0.1) is 17.4 Å². The van der Waals surface area contributed by atoms with E-state index < -0.39 is 11.5 Å². The van der Waals surface area contributed by atoms with E-state index in [4.69, 9.17) is 0 Å². The van der Waals surface area contributed by atoms with Gasteiger partial charge in [0.2, 0.25) is 0 Å². The molecule has 0 amide bonds. The Balaban J connectivity index is 2.27. The number of carboxylic acids is 1. The van der Waals surface area contributed by atoms with Gasteiger partial charge in [0, 0.05) is 6.04 Å².